The average molecular weight is 491 g/mol. The van der Waals surface area contributed by atoms with E-state index in [2.05, 4.69) is 25.3 Å². The van der Waals surface area contributed by atoms with Crippen molar-refractivity contribution in [2.45, 2.75) is 52.7 Å². The van der Waals surface area contributed by atoms with Gasteiger partial charge in [0, 0.05) is 21.9 Å². The van der Waals surface area contributed by atoms with Crippen LogP contribution in [0.1, 0.15) is 40.5 Å². The fourth-order valence-corrected chi connectivity index (χ4v) is 3.57. The molecule has 190 valence electrons. The summed E-state index contributed by atoms with van der Waals surface area (Å²) in [6, 6.07) is 15.9. The highest BCUT2D eigenvalue weighted by Crippen LogP contribution is 2.36. The smallest absolute Gasteiger partial charge is 0.333 e. The zero-order valence-electron chi connectivity index (χ0n) is 21.5. The van der Waals surface area contributed by atoms with Crippen molar-refractivity contribution in [1.29, 1.82) is 0 Å². The highest BCUT2D eigenvalue weighted by Gasteiger charge is 2.18. The standard InChI is InChI=1S/C30H34O6/c1-7-23(35-29(31)19(3)4)17-33-27-13-14-28(34-18-24(8-2)36-30(32)20(5)6)26-16-22-12-10-9-11-21(22)15-25(26)27/h9-16,23-24H,3,5,7-8,17-18H2,1-2,4,6H3. The molecular formula is C30H34O6. The van der Waals surface area contributed by atoms with E-state index in [0.717, 1.165) is 21.5 Å². The van der Waals surface area contributed by atoms with Crippen LogP contribution in [0.25, 0.3) is 21.5 Å². The molecular weight excluding hydrogens is 456 g/mol. The van der Waals surface area contributed by atoms with Crippen molar-refractivity contribution in [3.8, 4) is 11.5 Å². The molecule has 0 aromatic heterocycles. The van der Waals surface area contributed by atoms with Crippen molar-refractivity contribution in [1.82, 2.24) is 0 Å². The molecule has 0 saturated heterocycles. The normalized spacial score (nSPS) is 12.6. The summed E-state index contributed by atoms with van der Waals surface area (Å²) in [5.41, 5.74) is 0.706. The number of fused-ring (bicyclic) bond motifs is 2. The SMILES string of the molecule is C=C(C)C(=O)OC(CC)COc1ccc(OCC(CC)OC(=O)C(=C)C)c2cc3ccccc3cc12. The maximum Gasteiger partial charge on any atom is 0.333 e. The second-order valence-electron chi connectivity index (χ2n) is 8.86. The van der Waals surface area contributed by atoms with E-state index < -0.39 is 24.1 Å². The Morgan fingerprint density at radius 3 is 1.44 bits per heavy atom. The fourth-order valence-electron chi connectivity index (χ4n) is 3.57. The zero-order valence-corrected chi connectivity index (χ0v) is 21.5. The fraction of sp³-hybridized carbons (Fsp3) is 0.333. The van der Waals surface area contributed by atoms with Crippen LogP contribution >= 0.6 is 0 Å². The molecule has 0 aliphatic carbocycles. The molecule has 0 aliphatic rings. The van der Waals surface area contributed by atoms with E-state index >= 15 is 0 Å². The predicted molar refractivity (Wildman–Crippen MR) is 142 cm³/mol. The van der Waals surface area contributed by atoms with Gasteiger partial charge in [-0.15, -0.1) is 0 Å². The van der Waals surface area contributed by atoms with Crippen LogP contribution in [0.2, 0.25) is 0 Å². The molecule has 0 heterocycles. The van der Waals surface area contributed by atoms with E-state index in [1.165, 1.54) is 0 Å². The van der Waals surface area contributed by atoms with Crippen molar-refractivity contribution in [3.63, 3.8) is 0 Å². The van der Waals surface area contributed by atoms with E-state index in [1.54, 1.807) is 13.8 Å². The van der Waals surface area contributed by atoms with Crippen LogP contribution in [-0.4, -0.2) is 37.4 Å². The van der Waals surface area contributed by atoms with E-state index in [9.17, 15) is 9.59 Å². The zero-order chi connectivity index (χ0) is 26.2. The Bertz CT molecular complexity index is 1180. The number of carbonyl (C=O) groups is 2. The van der Waals surface area contributed by atoms with Crippen LogP contribution in [0.5, 0.6) is 11.5 Å². The lowest BCUT2D eigenvalue weighted by atomic mass is 10.0. The van der Waals surface area contributed by atoms with Gasteiger partial charge in [-0.1, -0.05) is 51.3 Å². The molecule has 6 heteroatoms. The molecule has 0 radical (unpaired) electrons. The molecule has 0 amide bonds. The van der Waals surface area contributed by atoms with Crippen molar-refractivity contribution < 1.29 is 28.5 Å². The van der Waals surface area contributed by atoms with E-state index in [0.29, 0.717) is 35.5 Å². The van der Waals surface area contributed by atoms with Crippen molar-refractivity contribution >= 4 is 33.5 Å². The van der Waals surface area contributed by atoms with Gasteiger partial charge in [0.2, 0.25) is 0 Å². The minimum atomic E-state index is -0.428. The first-order valence-corrected chi connectivity index (χ1v) is 12.2. The lowest BCUT2D eigenvalue weighted by Crippen LogP contribution is -2.25. The molecule has 3 aromatic rings. The summed E-state index contributed by atoms with van der Waals surface area (Å²) in [4.78, 5) is 23.9. The molecule has 0 spiro atoms. The Morgan fingerprint density at radius 1 is 0.722 bits per heavy atom. The summed E-state index contributed by atoms with van der Waals surface area (Å²) in [6.07, 6.45) is 0.438. The quantitative estimate of drug-likeness (QED) is 0.163. The van der Waals surface area contributed by atoms with Crippen molar-refractivity contribution in [3.05, 3.63) is 72.8 Å². The number of ether oxygens (including phenoxy) is 4. The minimum Gasteiger partial charge on any atom is -0.489 e. The summed E-state index contributed by atoms with van der Waals surface area (Å²) >= 11 is 0. The first-order chi connectivity index (χ1) is 17.2. The molecule has 0 N–H and O–H groups in total. The number of hydrogen-bond donors (Lipinski definition) is 0. The third-order valence-corrected chi connectivity index (χ3v) is 5.81. The third-order valence-electron chi connectivity index (χ3n) is 5.81. The van der Waals surface area contributed by atoms with Gasteiger partial charge < -0.3 is 18.9 Å². The molecule has 0 fully saturated rings. The molecule has 6 nitrogen and oxygen atoms in total. The molecule has 0 bridgehead atoms. The van der Waals surface area contributed by atoms with Gasteiger partial charge in [-0.2, -0.15) is 0 Å². The predicted octanol–water partition coefficient (Wildman–Crippen LogP) is 6.55. The van der Waals surface area contributed by atoms with Crippen LogP contribution < -0.4 is 9.47 Å². The number of carbonyl (C=O) groups excluding carboxylic acids is 2. The molecule has 3 rings (SSSR count). The van der Waals surface area contributed by atoms with Crippen molar-refractivity contribution in [2.24, 2.45) is 0 Å². The Morgan fingerprint density at radius 2 is 1.11 bits per heavy atom. The summed E-state index contributed by atoms with van der Waals surface area (Å²) in [6.45, 7) is 14.8. The first-order valence-electron chi connectivity index (χ1n) is 12.2. The topological polar surface area (TPSA) is 71.1 Å². The summed E-state index contributed by atoms with van der Waals surface area (Å²) < 4.78 is 23.2. The second kappa shape index (κ2) is 12.2. The molecule has 0 aliphatic heterocycles. The highest BCUT2D eigenvalue weighted by atomic mass is 16.6. The maximum atomic E-state index is 12.0. The number of hydrogen-bond acceptors (Lipinski definition) is 6. The van der Waals surface area contributed by atoms with E-state index in [1.807, 2.05) is 50.2 Å². The Hall–Kier alpha value is -3.80. The van der Waals surface area contributed by atoms with Gasteiger partial charge in [-0.25, -0.2) is 9.59 Å². The van der Waals surface area contributed by atoms with Gasteiger partial charge in [0.1, 0.15) is 36.9 Å². The molecule has 36 heavy (non-hydrogen) atoms. The van der Waals surface area contributed by atoms with Crippen LogP contribution in [0, 0.1) is 0 Å². The largest absolute Gasteiger partial charge is 0.489 e. The van der Waals surface area contributed by atoms with Crippen LogP contribution in [0.3, 0.4) is 0 Å². The average Bonchev–Trinajstić information content (AvgIpc) is 2.87. The Balaban J connectivity index is 1.89. The number of rotatable bonds is 12. The summed E-state index contributed by atoms with van der Waals surface area (Å²) in [5.74, 6) is 0.466. The van der Waals surface area contributed by atoms with Gasteiger partial charge >= 0.3 is 11.9 Å². The maximum absolute atomic E-state index is 12.0. The van der Waals surface area contributed by atoms with Crippen molar-refractivity contribution in [2.75, 3.05) is 13.2 Å². The van der Waals surface area contributed by atoms with Gasteiger partial charge in [-0.05, 0) is 61.7 Å². The molecule has 2 unspecified atom stereocenters. The van der Waals surface area contributed by atoms with Gasteiger partial charge in [0.05, 0.1) is 0 Å². The Labute approximate surface area is 212 Å². The monoisotopic (exact) mass is 490 g/mol. The van der Waals surface area contributed by atoms with Crippen LogP contribution in [0.15, 0.2) is 72.8 Å². The first kappa shape index (κ1) is 26.8. The lowest BCUT2D eigenvalue weighted by Gasteiger charge is -2.20. The number of benzene rings is 3. The van der Waals surface area contributed by atoms with E-state index in [-0.39, 0.29) is 13.2 Å². The van der Waals surface area contributed by atoms with Gasteiger partial charge in [-0.3, -0.25) is 0 Å². The number of esters is 2. The Kier molecular flexibility index (Phi) is 9.12. The second-order valence-corrected chi connectivity index (χ2v) is 8.86. The lowest BCUT2D eigenvalue weighted by molar-refractivity contribution is -0.146. The molecule has 0 saturated carbocycles. The van der Waals surface area contributed by atoms with Gasteiger partial charge in [0.25, 0.3) is 0 Å². The minimum absolute atomic E-state index is 0.215. The molecule has 2 atom stereocenters. The van der Waals surface area contributed by atoms with Gasteiger partial charge in [0.15, 0.2) is 0 Å². The summed E-state index contributed by atoms with van der Waals surface area (Å²) in [7, 11) is 0. The highest BCUT2D eigenvalue weighted by molar-refractivity contribution is 6.03. The summed E-state index contributed by atoms with van der Waals surface area (Å²) in [5, 5.41) is 3.88. The van der Waals surface area contributed by atoms with Crippen LogP contribution in [0.4, 0.5) is 0 Å². The van der Waals surface area contributed by atoms with Crippen LogP contribution in [-0.2, 0) is 19.1 Å². The molecule has 3 aromatic carbocycles. The third kappa shape index (κ3) is 6.66. The van der Waals surface area contributed by atoms with E-state index in [4.69, 9.17) is 18.9 Å².